The van der Waals surface area contributed by atoms with E-state index >= 15 is 0 Å². The summed E-state index contributed by atoms with van der Waals surface area (Å²) < 4.78 is 0. The Labute approximate surface area is 133 Å². The summed E-state index contributed by atoms with van der Waals surface area (Å²) in [5.74, 6) is 1.04. The lowest BCUT2D eigenvalue weighted by Crippen LogP contribution is -2.35. The van der Waals surface area contributed by atoms with Crippen LogP contribution in [0.15, 0.2) is 12.1 Å². The van der Waals surface area contributed by atoms with Crippen molar-refractivity contribution in [3.8, 4) is 0 Å². The summed E-state index contributed by atoms with van der Waals surface area (Å²) in [5, 5.41) is 4.19. The molecule has 1 fully saturated rings. The van der Waals surface area contributed by atoms with Gasteiger partial charge < -0.3 is 15.1 Å². The molecule has 0 aromatic carbocycles. The fraction of sp³-hybridized carbons (Fsp3) is 0.688. The minimum atomic E-state index is 0.0602. The molecule has 1 aliphatic rings. The zero-order chi connectivity index (χ0) is 15.6. The van der Waals surface area contributed by atoms with Crippen LogP contribution in [0.2, 0.25) is 5.02 Å². The van der Waals surface area contributed by atoms with Crippen LogP contribution in [0.3, 0.4) is 0 Å². The molecule has 1 aromatic heterocycles. The maximum absolute atomic E-state index is 6.28. The minimum absolute atomic E-state index is 0.0602. The normalized spacial score (nSPS) is 19.6. The predicted molar refractivity (Wildman–Crippen MR) is 90.1 cm³/mol. The van der Waals surface area contributed by atoms with Crippen LogP contribution in [-0.2, 0) is 6.54 Å². The van der Waals surface area contributed by atoms with Gasteiger partial charge in [-0.15, -0.1) is 0 Å². The fourth-order valence-electron chi connectivity index (χ4n) is 2.49. The van der Waals surface area contributed by atoms with Crippen molar-refractivity contribution in [3.63, 3.8) is 0 Å². The molecule has 1 aromatic rings. The van der Waals surface area contributed by atoms with Gasteiger partial charge in [-0.2, -0.15) is 0 Å². The van der Waals surface area contributed by atoms with E-state index in [9.17, 15) is 0 Å². The average molecular weight is 311 g/mol. The summed E-state index contributed by atoms with van der Waals surface area (Å²) in [4.78, 5) is 9.40. The summed E-state index contributed by atoms with van der Waals surface area (Å²) in [7, 11) is 4.28. The van der Waals surface area contributed by atoms with Crippen molar-refractivity contribution >= 4 is 17.4 Å². The number of nitrogens with one attached hydrogen (secondary N) is 1. The minimum Gasteiger partial charge on any atom is -0.355 e. The standard InChI is InChI=1S/C16H27ClN4/c1-16(2,3)18-10-14-13(17)6-7-15(19-14)21-9-8-12(11-21)20(4)5/h6-7,12,18H,8-11H2,1-5H3. The first-order valence-corrected chi connectivity index (χ1v) is 7.96. The van der Waals surface area contributed by atoms with Crippen LogP contribution >= 0.6 is 11.6 Å². The second kappa shape index (κ2) is 6.51. The molecule has 1 N–H and O–H groups in total. The molecule has 21 heavy (non-hydrogen) atoms. The van der Waals surface area contributed by atoms with Crippen LogP contribution in [0.4, 0.5) is 5.82 Å². The Morgan fingerprint density at radius 3 is 2.67 bits per heavy atom. The first-order valence-electron chi connectivity index (χ1n) is 7.58. The average Bonchev–Trinajstić information content (AvgIpc) is 2.86. The van der Waals surface area contributed by atoms with Crippen molar-refractivity contribution in [2.75, 3.05) is 32.1 Å². The molecule has 0 radical (unpaired) electrons. The van der Waals surface area contributed by atoms with Gasteiger partial charge in [0.05, 0.1) is 10.7 Å². The zero-order valence-corrected chi connectivity index (χ0v) is 14.5. The van der Waals surface area contributed by atoms with Crippen LogP contribution in [0.5, 0.6) is 0 Å². The smallest absolute Gasteiger partial charge is 0.129 e. The van der Waals surface area contributed by atoms with Gasteiger partial charge in [0.2, 0.25) is 0 Å². The first-order chi connectivity index (χ1) is 9.76. The number of rotatable bonds is 4. The summed E-state index contributed by atoms with van der Waals surface area (Å²) in [6.45, 7) is 9.23. The Kier molecular flexibility index (Phi) is 5.12. The maximum atomic E-state index is 6.28. The van der Waals surface area contributed by atoms with E-state index in [2.05, 4.69) is 50.0 Å². The fourth-order valence-corrected chi connectivity index (χ4v) is 2.67. The van der Waals surface area contributed by atoms with Crippen molar-refractivity contribution in [1.29, 1.82) is 0 Å². The highest BCUT2D eigenvalue weighted by molar-refractivity contribution is 6.31. The van der Waals surface area contributed by atoms with Gasteiger partial charge in [-0.25, -0.2) is 4.98 Å². The van der Waals surface area contributed by atoms with Gasteiger partial charge in [-0.1, -0.05) is 11.6 Å². The van der Waals surface area contributed by atoms with Crippen LogP contribution in [0.1, 0.15) is 32.9 Å². The van der Waals surface area contributed by atoms with Gasteiger partial charge in [0.25, 0.3) is 0 Å². The monoisotopic (exact) mass is 310 g/mol. The Balaban J connectivity index is 2.08. The van der Waals surface area contributed by atoms with E-state index in [0.717, 1.165) is 29.6 Å². The Hall–Kier alpha value is -0.840. The SMILES string of the molecule is CN(C)C1CCN(c2ccc(Cl)c(CNC(C)(C)C)n2)C1. The number of anilines is 1. The molecule has 1 saturated heterocycles. The van der Waals surface area contributed by atoms with E-state index in [1.165, 1.54) is 6.42 Å². The quantitative estimate of drug-likeness (QED) is 0.926. The highest BCUT2D eigenvalue weighted by Crippen LogP contribution is 2.24. The molecule has 1 aliphatic heterocycles. The van der Waals surface area contributed by atoms with E-state index in [0.29, 0.717) is 12.6 Å². The van der Waals surface area contributed by atoms with Crippen molar-refractivity contribution in [3.05, 3.63) is 22.8 Å². The Bertz CT molecular complexity index is 482. The lowest BCUT2D eigenvalue weighted by Gasteiger charge is -2.23. The number of likely N-dealkylation sites (N-methyl/N-ethyl adjacent to an activating group) is 1. The van der Waals surface area contributed by atoms with E-state index in [-0.39, 0.29) is 5.54 Å². The zero-order valence-electron chi connectivity index (χ0n) is 13.8. The second-order valence-electron chi connectivity index (χ2n) is 7.05. The van der Waals surface area contributed by atoms with Gasteiger partial charge in [0, 0.05) is 31.2 Å². The molecule has 0 amide bonds. The topological polar surface area (TPSA) is 31.4 Å². The van der Waals surface area contributed by atoms with Gasteiger partial charge >= 0.3 is 0 Å². The molecule has 1 atom stereocenters. The molecule has 0 bridgehead atoms. The summed E-state index contributed by atoms with van der Waals surface area (Å²) in [6, 6.07) is 4.60. The van der Waals surface area contributed by atoms with Crippen LogP contribution in [-0.4, -0.2) is 48.6 Å². The van der Waals surface area contributed by atoms with E-state index in [4.69, 9.17) is 16.6 Å². The lowest BCUT2D eigenvalue weighted by atomic mass is 10.1. The number of hydrogen-bond donors (Lipinski definition) is 1. The molecule has 5 heteroatoms. The lowest BCUT2D eigenvalue weighted by molar-refractivity contribution is 0.315. The molecule has 0 spiro atoms. The third-order valence-electron chi connectivity index (χ3n) is 3.91. The number of nitrogens with zero attached hydrogens (tertiary/aromatic N) is 3. The summed E-state index contributed by atoms with van der Waals surface area (Å²) in [6.07, 6.45) is 1.19. The molecule has 0 aliphatic carbocycles. The highest BCUT2D eigenvalue weighted by atomic mass is 35.5. The van der Waals surface area contributed by atoms with Crippen molar-refractivity contribution in [2.45, 2.75) is 45.3 Å². The largest absolute Gasteiger partial charge is 0.355 e. The predicted octanol–water partition coefficient (Wildman–Crippen LogP) is 2.76. The molecular formula is C16H27ClN4. The van der Waals surface area contributed by atoms with Crippen LogP contribution in [0, 0.1) is 0 Å². The second-order valence-corrected chi connectivity index (χ2v) is 7.46. The van der Waals surface area contributed by atoms with Gasteiger partial charge in [0.1, 0.15) is 5.82 Å². The molecule has 2 heterocycles. The van der Waals surface area contributed by atoms with Crippen molar-refractivity contribution in [2.24, 2.45) is 0 Å². The molecule has 1 unspecified atom stereocenters. The number of hydrogen-bond acceptors (Lipinski definition) is 4. The molecule has 2 rings (SSSR count). The number of pyridine rings is 1. The number of aromatic nitrogens is 1. The molecule has 0 saturated carbocycles. The van der Waals surface area contributed by atoms with E-state index < -0.39 is 0 Å². The highest BCUT2D eigenvalue weighted by Gasteiger charge is 2.25. The van der Waals surface area contributed by atoms with Gasteiger partial charge in [-0.05, 0) is 53.4 Å². The van der Waals surface area contributed by atoms with Crippen molar-refractivity contribution in [1.82, 2.24) is 15.2 Å². The Morgan fingerprint density at radius 1 is 1.38 bits per heavy atom. The van der Waals surface area contributed by atoms with Crippen LogP contribution in [0.25, 0.3) is 0 Å². The third-order valence-corrected chi connectivity index (χ3v) is 4.25. The molecule has 118 valence electrons. The van der Waals surface area contributed by atoms with E-state index in [1.54, 1.807) is 0 Å². The summed E-state index contributed by atoms with van der Waals surface area (Å²) in [5.41, 5.74) is 0.988. The maximum Gasteiger partial charge on any atom is 0.129 e. The van der Waals surface area contributed by atoms with E-state index in [1.807, 2.05) is 12.1 Å². The van der Waals surface area contributed by atoms with Crippen molar-refractivity contribution < 1.29 is 0 Å². The summed E-state index contributed by atoms with van der Waals surface area (Å²) >= 11 is 6.28. The number of halogens is 1. The molecular weight excluding hydrogens is 284 g/mol. The third kappa shape index (κ3) is 4.56. The molecule has 4 nitrogen and oxygen atoms in total. The van der Waals surface area contributed by atoms with Crippen LogP contribution < -0.4 is 10.2 Å². The van der Waals surface area contributed by atoms with Gasteiger partial charge in [0.15, 0.2) is 0 Å². The first kappa shape index (κ1) is 16.5. The Morgan fingerprint density at radius 2 is 2.10 bits per heavy atom. The van der Waals surface area contributed by atoms with Gasteiger partial charge in [-0.3, -0.25) is 0 Å².